The Labute approximate surface area is 161 Å². The second-order valence-corrected chi connectivity index (χ2v) is 7.20. The van der Waals surface area contributed by atoms with Crippen LogP contribution < -0.4 is 0 Å². The topological polar surface area (TPSA) is 80.6 Å². The van der Waals surface area contributed by atoms with E-state index in [0.29, 0.717) is 0 Å². The number of halogens is 4. The van der Waals surface area contributed by atoms with Crippen LogP contribution in [0.5, 0.6) is 0 Å². The minimum atomic E-state index is -4.71. The van der Waals surface area contributed by atoms with Gasteiger partial charge in [-0.15, -0.1) is 17.5 Å². The first kappa shape index (κ1) is 23.0. The molecule has 27 heavy (non-hydrogen) atoms. The number of rotatable bonds is 2. The average Bonchev–Trinajstić information content (AvgIpc) is 2.89. The van der Waals surface area contributed by atoms with Crippen LogP contribution in [0, 0.1) is 0 Å². The fourth-order valence-corrected chi connectivity index (χ4v) is 2.47. The molecule has 0 aromatic carbocycles. The molecule has 1 aliphatic heterocycles. The smallest absolute Gasteiger partial charge is 0.444 e. The summed E-state index contributed by atoms with van der Waals surface area (Å²) in [5.74, 6) is -1.72. The molecule has 1 unspecified atom stereocenters. The van der Waals surface area contributed by atoms with Crippen molar-refractivity contribution in [1.29, 1.82) is 0 Å². The van der Waals surface area contributed by atoms with Gasteiger partial charge in [-0.25, -0.2) is 14.5 Å². The van der Waals surface area contributed by atoms with Crippen molar-refractivity contribution in [3.8, 4) is 0 Å². The van der Waals surface area contributed by atoms with Crippen LogP contribution in [-0.2, 0) is 22.3 Å². The van der Waals surface area contributed by atoms with Gasteiger partial charge < -0.3 is 9.64 Å². The summed E-state index contributed by atoms with van der Waals surface area (Å²) in [6, 6.07) is -0.989. The first-order chi connectivity index (χ1) is 11.8. The maximum atomic E-state index is 13.0. The van der Waals surface area contributed by atoms with Gasteiger partial charge in [0, 0.05) is 20.6 Å². The molecule has 0 fully saturated rings. The lowest BCUT2D eigenvalue weighted by molar-refractivity contribution is -0.145. The Hall–Kier alpha value is -2.04. The van der Waals surface area contributed by atoms with Crippen molar-refractivity contribution in [2.75, 3.05) is 20.6 Å². The third kappa shape index (κ3) is 5.47. The highest BCUT2D eigenvalue weighted by atomic mass is 35.5. The number of hydrogen-bond donors (Lipinski definition) is 0. The number of amides is 2. The number of aromatic nitrogens is 3. The van der Waals surface area contributed by atoms with Gasteiger partial charge in [0.05, 0.1) is 13.0 Å². The number of nitrogens with zero attached hydrogens (tertiary/aromatic N) is 5. The molecule has 154 valence electrons. The molecule has 8 nitrogen and oxygen atoms in total. The lowest BCUT2D eigenvalue weighted by Gasteiger charge is -2.36. The molecule has 1 atom stereocenters. The second kappa shape index (κ2) is 7.91. The number of hydrogen-bond acceptors (Lipinski definition) is 5. The summed E-state index contributed by atoms with van der Waals surface area (Å²) in [5.41, 5.74) is -0.782. The minimum Gasteiger partial charge on any atom is -0.444 e. The highest BCUT2D eigenvalue weighted by Gasteiger charge is 2.42. The first-order valence-electron chi connectivity index (χ1n) is 8.01. The fraction of sp³-hybridized carbons (Fsp3) is 0.733. The van der Waals surface area contributed by atoms with Gasteiger partial charge in [0.25, 0.3) is 5.82 Å². The van der Waals surface area contributed by atoms with Gasteiger partial charge in [-0.3, -0.25) is 9.69 Å². The van der Waals surface area contributed by atoms with E-state index in [-0.39, 0.29) is 43.6 Å². The van der Waals surface area contributed by atoms with Gasteiger partial charge in [-0.2, -0.15) is 13.2 Å². The predicted octanol–water partition coefficient (Wildman–Crippen LogP) is 2.49. The molecule has 2 amide bonds. The van der Waals surface area contributed by atoms with Gasteiger partial charge in [0.15, 0.2) is 5.82 Å². The molecule has 0 spiro atoms. The van der Waals surface area contributed by atoms with E-state index in [0.717, 1.165) is 4.68 Å². The van der Waals surface area contributed by atoms with Crippen LogP contribution in [0.25, 0.3) is 0 Å². The van der Waals surface area contributed by atoms with E-state index >= 15 is 0 Å². The SMILES string of the molecule is CN(C)C(=O)CC1c2nc(C(F)(F)F)nn2CCN1C(=O)OC(C)(C)C.Cl. The zero-order valence-corrected chi connectivity index (χ0v) is 16.5. The number of fused-ring (bicyclic) bond motifs is 1. The summed E-state index contributed by atoms with van der Waals surface area (Å²) in [7, 11) is 3.05. The van der Waals surface area contributed by atoms with Crippen molar-refractivity contribution in [3.05, 3.63) is 11.6 Å². The molecule has 2 rings (SSSR count). The maximum absolute atomic E-state index is 13.0. The van der Waals surface area contributed by atoms with E-state index in [2.05, 4.69) is 10.1 Å². The molecule has 0 saturated carbocycles. The molecule has 0 saturated heterocycles. The Morgan fingerprint density at radius 2 is 1.81 bits per heavy atom. The Morgan fingerprint density at radius 3 is 2.30 bits per heavy atom. The fourth-order valence-electron chi connectivity index (χ4n) is 2.47. The molecule has 0 N–H and O–H groups in total. The quantitative estimate of drug-likeness (QED) is 0.744. The van der Waals surface area contributed by atoms with E-state index in [1.807, 2.05) is 0 Å². The Kier molecular flexibility index (Phi) is 6.74. The average molecular weight is 414 g/mol. The number of alkyl halides is 3. The first-order valence-corrected chi connectivity index (χ1v) is 8.01. The van der Waals surface area contributed by atoms with Crippen molar-refractivity contribution >= 4 is 24.4 Å². The Balaban J connectivity index is 0.00000364. The normalized spacial score (nSPS) is 17.0. The zero-order valence-electron chi connectivity index (χ0n) is 15.7. The van der Waals surface area contributed by atoms with E-state index in [9.17, 15) is 22.8 Å². The molecule has 1 aliphatic rings. The summed E-state index contributed by atoms with van der Waals surface area (Å²) >= 11 is 0. The standard InChI is InChI=1S/C15H22F3N5O3.ClH/c1-14(2,3)26-13(25)22-6-7-23-11(9(22)8-10(24)21(4)5)19-12(20-23)15(16,17)18;/h9H,6-8H2,1-5H3;1H. The van der Waals surface area contributed by atoms with Crippen LogP contribution in [0.2, 0.25) is 0 Å². The summed E-state index contributed by atoms with van der Waals surface area (Å²) in [4.78, 5) is 30.7. The van der Waals surface area contributed by atoms with Crippen molar-refractivity contribution in [2.24, 2.45) is 0 Å². The van der Waals surface area contributed by atoms with E-state index in [1.165, 1.54) is 23.9 Å². The molecule has 0 aliphatic carbocycles. The van der Waals surface area contributed by atoms with E-state index < -0.39 is 29.7 Å². The van der Waals surface area contributed by atoms with Crippen LogP contribution >= 0.6 is 12.4 Å². The minimum absolute atomic E-state index is 0. The monoisotopic (exact) mass is 413 g/mol. The molecular formula is C15H23ClF3N5O3. The van der Waals surface area contributed by atoms with Crippen molar-refractivity contribution in [3.63, 3.8) is 0 Å². The van der Waals surface area contributed by atoms with Crippen LogP contribution in [-0.4, -0.2) is 62.8 Å². The Morgan fingerprint density at radius 1 is 1.22 bits per heavy atom. The third-order valence-corrected chi connectivity index (χ3v) is 3.68. The molecule has 0 bridgehead atoms. The lowest BCUT2D eigenvalue weighted by atomic mass is 10.1. The molecule has 1 aromatic heterocycles. The van der Waals surface area contributed by atoms with Gasteiger partial charge >= 0.3 is 12.3 Å². The summed E-state index contributed by atoms with van der Waals surface area (Å²) in [5, 5.41) is 3.47. The van der Waals surface area contributed by atoms with E-state index in [4.69, 9.17) is 4.74 Å². The van der Waals surface area contributed by atoms with Gasteiger partial charge in [0.1, 0.15) is 11.6 Å². The van der Waals surface area contributed by atoms with Crippen LogP contribution in [0.1, 0.15) is 44.9 Å². The molecular weight excluding hydrogens is 391 g/mol. The summed E-state index contributed by atoms with van der Waals surface area (Å²) < 4.78 is 45.3. The van der Waals surface area contributed by atoms with Gasteiger partial charge in [-0.05, 0) is 20.8 Å². The van der Waals surface area contributed by atoms with Gasteiger partial charge in [0.2, 0.25) is 5.91 Å². The summed E-state index contributed by atoms with van der Waals surface area (Å²) in [6.45, 7) is 5.13. The van der Waals surface area contributed by atoms with Crippen molar-refractivity contribution in [2.45, 2.75) is 51.6 Å². The largest absolute Gasteiger partial charge is 0.453 e. The lowest BCUT2D eigenvalue weighted by Crippen LogP contribution is -2.46. The summed E-state index contributed by atoms with van der Waals surface area (Å²) in [6.07, 6.45) is -5.64. The molecule has 12 heteroatoms. The van der Waals surface area contributed by atoms with Crippen molar-refractivity contribution in [1.82, 2.24) is 24.6 Å². The highest BCUT2D eigenvalue weighted by Crippen LogP contribution is 2.33. The number of ether oxygens (including phenoxy) is 1. The molecule has 0 radical (unpaired) electrons. The number of carbonyl (C=O) groups is 2. The van der Waals surface area contributed by atoms with Gasteiger partial charge in [-0.1, -0.05) is 0 Å². The van der Waals surface area contributed by atoms with E-state index in [1.54, 1.807) is 20.8 Å². The molecule has 2 heterocycles. The van der Waals surface area contributed by atoms with Crippen LogP contribution in [0.4, 0.5) is 18.0 Å². The highest BCUT2D eigenvalue weighted by molar-refractivity contribution is 5.85. The van der Waals surface area contributed by atoms with Crippen LogP contribution in [0.15, 0.2) is 0 Å². The molecule has 1 aromatic rings. The van der Waals surface area contributed by atoms with Crippen molar-refractivity contribution < 1.29 is 27.5 Å². The maximum Gasteiger partial charge on any atom is 0.453 e. The number of carbonyl (C=O) groups excluding carboxylic acids is 2. The predicted molar refractivity (Wildman–Crippen MR) is 91.3 cm³/mol. The zero-order chi connectivity index (χ0) is 19.9. The third-order valence-electron chi connectivity index (χ3n) is 3.68. The van der Waals surface area contributed by atoms with Crippen LogP contribution in [0.3, 0.4) is 0 Å². The second-order valence-electron chi connectivity index (χ2n) is 7.20. The Bertz CT molecular complexity index is 700.